The van der Waals surface area contributed by atoms with Crippen LogP contribution in [0.1, 0.15) is 64.4 Å². The number of imidazole rings is 1. The number of hydrogen-bond acceptors (Lipinski definition) is 2. The number of nitrogen functional groups attached to an aromatic ring is 1. The molecule has 0 amide bonds. The van der Waals surface area contributed by atoms with Gasteiger partial charge in [-0.25, -0.2) is 4.98 Å². The van der Waals surface area contributed by atoms with Gasteiger partial charge in [-0.1, -0.05) is 13.3 Å². The van der Waals surface area contributed by atoms with E-state index < -0.39 is 0 Å². The molecule has 0 bridgehead atoms. The van der Waals surface area contributed by atoms with E-state index in [1.807, 2.05) is 0 Å². The highest BCUT2D eigenvalue weighted by atomic mass is 15.2. The van der Waals surface area contributed by atoms with Gasteiger partial charge in [-0.15, -0.1) is 0 Å². The first kappa shape index (κ1) is 11.5. The van der Waals surface area contributed by atoms with E-state index in [0.29, 0.717) is 5.92 Å². The smallest absolute Gasteiger partial charge is 0.127 e. The second-order valence-electron chi connectivity index (χ2n) is 5.79. The summed E-state index contributed by atoms with van der Waals surface area (Å²) < 4.78 is 2.21. The summed E-state index contributed by atoms with van der Waals surface area (Å²) in [7, 11) is 0. The molecule has 16 heavy (non-hydrogen) atoms. The fourth-order valence-electron chi connectivity index (χ4n) is 2.47. The highest BCUT2D eigenvalue weighted by Gasteiger charge is 2.29. The molecule has 2 N–H and O–H groups in total. The maximum absolute atomic E-state index is 6.28. The number of aryl methyl sites for hydroxylation is 1. The SMILES string of the molecule is CCc1nc(C2CCC2)c(N)n1C(C)(C)C. The van der Waals surface area contributed by atoms with Crippen LogP contribution < -0.4 is 5.73 Å². The molecular weight excluding hydrogens is 198 g/mol. The first-order valence-corrected chi connectivity index (χ1v) is 6.32. The summed E-state index contributed by atoms with van der Waals surface area (Å²) in [5.41, 5.74) is 7.46. The van der Waals surface area contributed by atoms with Gasteiger partial charge in [0.2, 0.25) is 0 Å². The zero-order valence-corrected chi connectivity index (χ0v) is 10.9. The van der Waals surface area contributed by atoms with Gasteiger partial charge >= 0.3 is 0 Å². The Bertz CT molecular complexity index is 381. The molecule has 1 aromatic heterocycles. The minimum absolute atomic E-state index is 0.0322. The Morgan fingerprint density at radius 3 is 2.31 bits per heavy atom. The van der Waals surface area contributed by atoms with E-state index in [-0.39, 0.29) is 5.54 Å². The fraction of sp³-hybridized carbons (Fsp3) is 0.769. The van der Waals surface area contributed by atoms with Crippen molar-refractivity contribution in [3.8, 4) is 0 Å². The fourth-order valence-corrected chi connectivity index (χ4v) is 2.47. The van der Waals surface area contributed by atoms with Crippen molar-refractivity contribution in [3.63, 3.8) is 0 Å². The van der Waals surface area contributed by atoms with Gasteiger partial charge in [-0.05, 0) is 33.6 Å². The third-order valence-corrected chi connectivity index (χ3v) is 3.49. The van der Waals surface area contributed by atoms with Gasteiger partial charge in [0.15, 0.2) is 0 Å². The molecule has 0 spiro atoms. The van der Waals surface area contributed by atoms with Crippen LogP contribution in [0.25, 0.3) is 0 Å². The monoisotopic (exact) mass is 221 g/mol. The lowest BCUT2D eigenvalue weighted by Gasteiger charge is -2.27. The molecule has 3 heteroatoms. The van der Waals surface area contributed by atoms with Gasteiger partial charge in [0.05, 0.1) is 5.69 Å². The summed E-state index contributed by atoms with van der Waals surface area (Å²) >= 11 is 0. The molecule has 90 valence electrons. The average Bonchev–Trinajstić information content (AvgIpc) is 2.40. The van der Waals surface area contributed by atoms with Gasteiger partial charge in [-0.3, -0.25) is 0 Å². The zero-order valence-electron chi connectivity index (χ0n) is 10.9. The molecule has 3 nitrogen and oxygen atoms in total. The lowest BCUT2D eigenvalue weighted by atomic mass is 9.83. The molecule has 1 aliphatic rings. The molecule has 1 fully saturated rings. The van der Waals surface area contributed by atoms with E-state index >= 15 is 0 Å². The largest absolute Gasteiger partial charge is 0.384 e. The number of nitrogens with two attached hydrogens (primary N) is 1. The van der Waals surface area contributed by atoms with E-state index in [1.54, 1.807) is 0 Å². The molecule has 1 saturated carbocycles. The molecule has 1 aromatic rings. The average molecular weight is 221 g/mol. The Morgan fingerprint density at radius 1 is 1.38 bits per heavy atom. The Morgan fingerprint density at radius 2 is 2.00 bits per heavy atom. The maximum atomic E-state index is 6.28. The molecule has 2 rings (SSSR count). The molecule has 0 aliphatic heterocycles. The van der Waals surface area contributed by atoms with Crippen LogP contribution >= 0.6 is 0 Å². The van der Waals surface area contributed by atoms with Crippen LogP contribution in [0.3, 0.4) is 0 Å². The van der Waals surface area contributed by atoms with E-state index in [0.717, 1.165) is 23.8 Å². The lowest BCUT2D eigenvalue weighted by Crippen LogP contribution is -2.26. The van der Waals surface area contributed by atoms with E-state index in [9.17, 15) is 0 Å². The Kier molecular flexibility index (Phi) is 2.72. The van der Waals surface area contributed by atoms with E-state index in [1.165, 1.54) is 19.3 Å². The number of hydrogen-bond donors (Lipinski definition) is 1. The van der Waals surface area contributed by atoms with E-state index in [4.69, 9.17) is 10.7 Å². The minimum Gasteiger partial charge on any atom is -0.384 e. The summed E-state index contributed by atoms with van der Waals surface area (Å²) in [5, 5.41) is 0. The van der Waals surface area contributed by atoms with Crippen LogP contribution in [0.15, 0.2) is 0 Å². The molecule has 0 aromatic carbocycles. The standard InChI is InChI=1S/C13H23N3/c1-5-10-15-11(9-7-6-8-9)12(14)16(10)13(2,3)4/h9H,5-8,14H2,1-4H3. The van der Waals surface area contributed by atoms with Crippen LogP contribution in [0.4, 0.5) is 5.82 Å². The van der Waals surface area contributed by atoms with Crippen molar-refractivity contribution in [3.05, 3.63) is 11.5 Å². The van der Waals surface area contributed by atoms with Gasteiger partial charge in [0.1, 0.15) is 11.6 Å². The highest BCUT2D eigenvalue weighted by molar-refractivity contribution is 5.42. The predicted molar refractivity (Wildman–Crippen MR) is 67.6 cm³/mol. The van der Waals surface area contributed by atoms with Crippen molar-refractivity contribution in [2.75, 3.05) is 5.73 Å². The molecule has 1 heterocycles. The molecule has 0 saturated heterocycles. The normalized spacial score (nSPS) is 17.5. The van der Waals surface area contributed by atoms with Gasteiger partial charge < -0.3 is 10.3 Å². The van der Waals surface area contributed by atoms with Crippen molar-refractivity contribution in [2.45, 2.75) is 64.8 Å². The number of anilines is 1. The number of aromatic nitrogens is 2. The van der Waals surface area contributed by atoms with Gasteiger partial charge in [-0.2, -0.15) is 0 Å². The van der Waals surface area contributed by atoms with Gasteiger partial charge in [0, 0.05) is 17.9 Å². The summed E-state index contributed by atoms with van der Waals surface area (Å²) in [4.78, 5) is 4.75. The summed E-state index contributed by atoms with van der Waals surface area (Å²) in [6.07, 6.45) is 4.80. The van der Waals surface area contributed by atoms with Crippen molar-refractivity contribution in [1.29, 1.82) is 0 Å². The first-order valence-electron chi connectivity index (χ1n) is 6.32. The summed E-state index contributed by atoms with van der Waals surface area (Å²) in [5.74, 6) is 2.65. The molecule has 1 aliphatic carbocycles. The van der Waals surface area contributed by atoms with Crippen LogP contribution in [0.5, 0.6) is 0 Å². The van der Waals surface area contributed by atoms with Crippen LogP contribution in [-0.2, 0) is 12.0 Å². The van der Waals surface area contributed by atoms with Crippen LogP contribution in [0.2, 0.25) is 0 Å². The van der Waals surface area contributed by atoms with Crippen LogP contribution in [0, 0.1) is 0 Å². The van der Waals surface area contributed by atoms with Crippen molar-refractivity contribution in [2.24, 2.45) is 0 Å². The lowest BCUT2D eigenvalue weighted by molar-refractivity contribution is 0.387. The van der Waals surface area contributed by atoms with Crippen molar-refractivity contribution >= 4 is 5.82 Å². The minimum atomic E-state index is 0.0322. The number of rotatable bonds is 2. The molecular formula is C13H23N3. The third kappa shape index (κ3) is 1.72. The quantitative estimate of drug-likeness (QED) is 0.834. The molecule has 0 atom stereocenters. The first-order chi connectivity index (χ1) is 7.45. The Balaban J connectivity index is 2.46. The molecule has 0 radical (unpaired) electrons. The molecule has 0 unspecified atom stereocenters. The summed E-state index contributed by atoms with van der Waals surface area (Å²) in [6, 6.07) is 0. The maximum Gasteiger partial charge on any atom is 0.127 e. The van der Waals surface area contributed by atoms with E-state index in [2.05, 4.69) is 32.3 Å². The van der Waals surface area contributed by atoms with Crippen molar-refractivity contribution < 1.29 is 0 Å². The highest BCUT2D eigenvalue weighted by Crippen LogP contribution is 2.40. The Hall–Kier alpha value is -0.990. The number of nitrogens with zero attached hydrogens (tertiary/aromatic N) is 2. The zero-order chi connectivity index (χ0) is 11.9. The predicted octanol–water partition coefficient (Wildman–Crippen LogP) is 3.05. The Labute approximate surface area is 98.1 Å². The van der Waals surface area contributed by atoms with Crippen molar-refractivity contribution in [1.82, 2.24) is 9.55 Å². The third-order valence-electron chi connectivity index (χ3n) is 3.49. The second-order valence-corrected chi connectivity index (χ2v) is 5.79. The van der Waals surface area contributed by atoms with Gasteiger partial charge in [0.25, 0.3) is 0 Å². The summed E-state index contributed by atoms with van der Waals surface area (Å²) in [6.45, 7) is 8.72. The second kappa shape index (κ2) is 3.79. The van der Waals surface area contributed by atoms with Crippen LogP contribution in [-0.4, -0.2) is 9.55 Å². The topological polar surface area (TPSA) is 43.8 Å².